The van der Waals surface area contributed by atoms with Crippen LogP contribution in [0.15, 0.2) is 24.3 Å². The number of hydrogen-bond acceptors (Lipinski definition) is 5. The van der Waals surface area contributed by atoms with Gasteiger partial charge in [-0.05, 0) is 37.7 Å². The molecule has 2 rings (SSSR count). The molecule has 0 atom stereocenters. The number of aromatic nitrogens is 2. The van der Waals surface area contributed by atoms with Gasteiger partial charge < -0.3 is 10.6 Å². The molecule has 0 saturated heterocycles. The van der Waals surface area contributed by atoms with Crippen LogP contribution in [0.2, 0.25) is 5.02 Å². The summed E-state index contributed by atoms with van der Waals surface area (Å²) in [4.78, 5) is 11.7. The van der Waals surface area contributed by atoms with E-state index in [9.17, 15) is 4.79 Å². The van der Waals surface area contributed by atoms with Crippen LogP contribution in [-0.2, 0) is 11.2 Å². The van der Waals surface area contributed by atoms with Gasteiger partial charge in [-0.3, -0.25) is 4.79 Å². The SMILES string of the molecule is CNCCCC(=O)Nc1nnc(Cc2cccc(Cl)c2)s1.Cl. The average Bonchev–Trinajstić information content (AvgIpc) is 2.86. The first-order valence-electron chi connectivity index (χ1n) is 6.68. The van der Waals surface area contributed by atoms with Crippen molar-refractivity contribution in [3.05, 3.63) is 39.9 Å². The van der Waals surface area contributed by atoms with Crippen molar-refractivity contribution in [3.63, 3.8) is 0 Å². The van der Waals surface area contributed by atoms with Gasteiger partial charge in [0.15, 0.2) is 0 Å². The number of carbonyl (C=O) groups is 1. The van der Waals surface area contributed by atoms with E-state index in [4.69, 9.17) is 11.6 Å². The average molecular weight is 361 g/mol. The van der Waals surface area contributed by atoms with Crippen molar-refractivity contribution in [1.29, 1.82) is 0 Å². The first kappa shape index (κ1) is 18.8. The van der Waals surface area contributed by atoms with Crippen LogP contribution >= 0.6 is 35.3 Å². The summed E-state index contributed by atoms with van der Waals surface area (Å²) >= 11 is 7.34. The van der Waals surface area contributed by atoms with E-state index >= 15 is 0 Å². The van der Waals surface area contributed by atoms with Gasteiger partial charge in [-0.1, -0.05) is 35.1 Å². The van der Waals surface area contributed by atoms with Crippen molar-refractivity contribution in [2.75, 3.05) is 18.9 Å². The predicted octanol–water partition coefficient (Wildman–Crippen LogP) is 3.14. The van der Waals surface area contributed by atoms with Crippen LogP contribution in [0, 0.1) is 0 Å². The first-order valence-corrected chi connectivity index (χ1v) is 7.88. The Labute approximate surface area is 144 Å². The normalized spacial score (nSPS) is 10.1. The molecule has 1 aromatic heterocycles. The predicted molar refractivity (Wildman–Crippen MR) is 93.2 cm³/mol. The van der Waals surface area contributed by atoms with E-state index in [1.54, 1.807) is 0 Å². The Kier molecular flexibility index (Phi) is 8.34. The Morgan fingerprint density at radius 3 is 2.91 bits per heavy atom. The van der Waals surface area contributed by atoms with Crippen LogP contribution in [0.25, 0.3) is 0 Å². The number of amides is 1. The lowest BCUT2D eigenvalue weighted by atomic mass is 10.2. The maximum atomic E-state index is 11.7. The Morgan fingerprint density at radius 2 is 2.18 bits per heavy atom. The molecule has 0 aliphatic carbocycles. The summed E-state index contributed by atoms with van der Waals surface area (Å²) in [6.07, 6.45) is 1.94. The Morgan fingerprint density at radius 1 is 1.36 bits per heavy atom. The van der Waals surface area contributed by atoms with Gasteiger partial charge in [-0.25, -0.2) is 0 Å². The molecule has 1 aromatic carbocycles. The van der Waals surface area contributed by atoms with Crippen molar-refractivity contribution in [1.82, 2.24) is 15.5 Å². The van der Waals surface area contributed by atoms with Crippen LogP contribution in [-0.4, -0.2) is 29.7 Å². The lowest BCUT2D eigenvalue weighted by molar-refractivity contribution is -0.116. The standard InChI is InChI=1S/C14H17ClN4OS.ClH/c1-16-7-3-6-12(20)17-14-19-18-13(21-14)9-10-4-2-5-11(15)8-10;/h2,4-5,8,16H,3,6-7,9H2,1H3,(H,17,19,20);1H. The van der Waals surface area contributed by atoms with Gasteiger partial charge >= 0.3 is 0 Å². The minimum Gasteiger partial charge on any atom is -0.320 e. The third-order valence-electron chi connectivity index (χ3n) is 2.79. The van der Waals surface area contributed by atoms with Gasteiger partial charge in [0.05, 0.1) is 0 Å². The molecule has 2 N–H and O–H groups in total. The first-order chi connectivity index (χ1) is 10.2. The second kappa shape index (κ2) is 9.74. The van der Waals surface area contributed by atoms with E-state index in [2.05, 4.69) is 20.8 Å². The lowest BCUT2D eigenvalue weighted by Crippen LogP contribution is -2.15. The number of anilines is 1. The van der Waals surface area contributed by atoms with Crippen LogP contribution in [0.4, 0.5) is 5.13 Å². The fourth-order valence-corrected chi connectivity index (χ4v) is 2.81. The molecule has 0 radical (unpaired) electrons. The highest BCUT2D eigenvalue weighted by molar-refractivity contribution is 7.15. The molecule has 120 valence electrons. The van der Waals surface area contributed by atoms with Crippen molar-refractivity contribution in [3.8, 4) is 0 Å². The molecule has 0 saturated carbocycles. The smallest absolute Gasteiger partial charge is 0.226 e. The van der Waals surface area contributed by atoms with Crippen molar-refractivity contribution in [2.45, 2.75) is 19.3 Å². The summed E-state index contributed by atoms with van der Waals surface area (Å²) < 4.78 is 0. The summed E-state index contributed by atoms with van der Waals surface area (Å²) in [5, 5.41) is 16.0. The van der Waals surface area contributed by atoms with E-state index in [1.807, 2.05) is 31.3 Å². The van der Waals surface area contributed by atoms with Gasteiger partial charge in [0, 0.05) is 17.9 Å². The molecule has 5 nitrogen and oxygen atoms in total. The van der Waals surface area contributed by atoms with E-state index in [-0.39, 0.29) is 18.3 Å². The monoisotopic (exact) mass is 360 g/mol. The number of carbonyl (C=O) groups excluding carboxylic acids is 1. The summed E-state index contributed by atoms with van der Waals surface area (Å²) in [5.41, 5.74) is 1.07. The Balaban J connectivity index is 0.00000242. The molecule has 8 heteroatoms. The minimum absolute atomic E-state index is 0. The van der Waals surface area contributed by atoms with Crippen molar-refractivity contribution in [2.24, 2.45) is 0 Å². The molecule has 0 unspecified atom stereocenters. The molecule has 22 heavy (non-hydrogen) atoms. The third-order valence-corrected chi connectivity index (χ3v) is 3.86. The molecule has 1 amide bonds. The van der Waals surface area contributed by atoms with E-state index in [1.165, 1.54) is 11.3 Å². The molecular formula is C14H18Cl2N4OS. The topological polar surface area (TPSA) is 66.9 Å². The highest BCUT2D eigenvalue weighted by Gasteiger charge is 2.08. The third kappa shape index (κ3) is 6.27. The van der Waals surface area contributed by atoms with Crippen LogP contribution in [0.5, 0.6) is 0 Å². The second-order valence-electron chi connectivity index (χ2n) is 4.56. The number of nitrogens with zero attached hydrogens (tertiary/aromatic N) is 2. The van der Waals surface area contributed by atoms with Crippen molar-refractivity contribution < 1.29 is 4.79 Å². The zero-order valence-corrected chi connectivity index (χ0v) is 14.5. The summed E-state index contributed by atoms with van der Waals surface area (Å²) in [7, 11) is 1.87. The van der Waals surface area contributed by atoms with E-state index in [0.717, 1.165) is 23.5 Å². The number of hydrogen-bond donors (Lipinski definition) is 2. The van der Waals surface area contributed by atoms with Crippen LogP contribution in [0.1, 0.15) is 23.4 Å². The maximum Gasteiger partial charge on any atom is 0.226 e. The fraction of sp³-hybridized carbons (Fsp3) is 0.357. The van der Waals surface area contributed by atoms with Gasteiger partial charge in [-0.2, -0.15) is 0 Å². The van der Waals surface area contributed by atoms with Gasteiger partial charge in [0.1, 0.15) is 5.01 Å². The zero-order valence-electron chi connectivity index (χ0n) is 12.1. The summed E-state index contributed by atoms with van der Waals surface area (Å²) in [6.45, 7) is 0.823. The molecule has 2 aromatic rings. The Hall–Kier alpha value is -1.21. The Bertz CT molecular complexity index is 606. The molecule has 0 spiro atoms. The highest BCUT2D eigenvalue weighted by atomic mass is 35.5. The molecule has 0 fully saturated rings. The van der Waals surface area contributed by atoms with Gasteiger partial charge in [0.25, 0.3) is 0 Å². The summed E-state index contributed by atoms with van der Waals surface area (Å²) in [6, 6.07) is 7.63. The largest absolute Gasteiger partial charge is 0.320 e. The maximum absolute atomic E-state index is 11.7. The molecule has 1 heterocycles. The summed E-state index contributed by atoms with van der Waals surface area (Å²) in [5.74, 6) is -0.0318. The van der Waals surface area contributed by atoms with E-state index in [0.29, 0.717) is 23.0 Å². The number of halogens is 2. The van der Waals surface area contributed by atoms with Crippen molar-refractivity contribution >= 4 is 46.4 Å². The minimum atomic E-state index is -0.0318. The number of rotatable bonds is 7. The fourth-order valence-electron chi connectivity index (χ4n) is 1.80. The van der Waals surface area contributed by atoms with E-state index < -0.39 is 0 Å². The zero-order chi connectivity index (χ0) is 15.1. The number of benzene rings is 1. The quantitative estimate of drug-likeness (QED) is 0.744. The van der Waals surface area contributed by atoms with Crippen LogP contribution < -0.4 is 10.6 Å². The molecule has 0 aliphatic rings. The van der Waals surface area contributed by atoms with Crippen LogP contribution in [0.3, 0.4) is 0 Å². The molecular weight excluding hydrogens is 343 g/mol. The van der Waals surface area contributed by atoms with Gasteiger partial charge in [0.2, 0.25) is 11.0 Å². The number of nitrogens with one attached hydrogen (secondary N) is 2. The molecule has 0 bridgehead atoms. The molecule has 0 aliphatic heterocycles. The highest BCUT2D eigenvalue weighted by Crippen LogP contribution is 2.20. The second-order valence-corrected chi connectivity index (χ2v) is 6.06. The lowest BCUT2D eigenvalue weighted by Gasteiger charge is -2.00. The van der Waals surface area contributed by atoms with Gasteiger partial charge in [-0.15, -0.1) is 22.6 Å².